The van der Waals surface area contributed by atoms with Gasteiger partial charge in [0.1, 0.15) is 18.0 Å². The Bertz CT molecular complexity index is 1360. The van der Waals surface area contributed by atoms with Gasteiger partial charge in [-0.1, -0.05) is 23.2 Å². The fraction of sp³-hybridized carbons (Fsp3) is 0.360. The number of benzene rings is 2. The number of amides is 2. The van der Waals surface area contributed by atoms with Gasteiger partial charge in [-0.05, 0) is 60.9 Å². The zero-order valence-electron chi connectivity index (χ0n) is 20.4. The van der Waals surface area contributed by atoms with E-state index in [4.69, 9.17) is 16.3 Å². The fourth-order valence-corrected chi connectivity index (χ4v) is 4.85. The van der Waals surface area contributed by atoms with E-state index in [0.717, 1.165) is 36.3 Å². The average Bonchev–Trinajstić information content (AvgIpc) is 3.48. The average molecular weight is 567 g/mol. The number of nitrogens with one attached hydrogen (secondary N) is 1. The first kappa shape index (κ1) is 26.9. The Balaban J connectivity index is 1.44. The molecule has 2 aliphatic rings. The zero-order valence-corrected chi connectivity index (χ0v) is 21.1. The second-order valence-electron chi connectivity index (χ2n) is 9.30. The normalized spacial score (nSPS) is 20.2. The molecule has 2 aliphatic heterocycles. The largest absolute Gasteiger partial charge is 0.441 e. The van der Waals surface area contributed by atoms with Crippen molar-refractivity contribution < 1.29 is 31.9 Å². The molecule has 206 valence electrons. The molecule has 3 aromatic rings. The van der Waals surface area contributed by atoms with Crippen LogP contribution in [0.2, 0.25) is 5.02 Å². The molecule has 14 heteroatoms. The lowest BCUT2D eigenvalue weighted by Gasteiger charge is -2.26. The van der Waals surface area contributed by atoms with Crippen molar-refractivity contribution in [3.63, 3.8) is 0 Å². The summed E-state index contributed by atoms with van der Waals surface area (Å²) in [5.74, 6) is -1.59. The van der Waals surface area contributed by atoms with Crippen molar-refractivity contribution in [3.8, 4) is 0 Å². The number of anilines is 1. The molecule has 39 heavy (non-hydrogen) atoms. The summed E-state index contributed by atoms with van der Waals surface area (Å²) < 4.78 is 61.7. The van der Waals surface area contributed by atoms with Crippen molar-refractivity contribution in [3.05, 3.63) is 76.3 Å². The lowest BCUT2D eigenvalue weighted by molar-refractivity contribution is -0.137. The van der Waals surface area contributed by atoms with Crippen LogP contribution >= 0.6 is 11.6 Å². The summed E-state index contributed by atoms with van der Waals surface area (Å²) in [4.78, 5) is 26.7. The molecule has 3 heterocycles. The van der Waals surface area contributed by atoms with E-state index in [9.17, 15) is 27.2 Å². The topological polar surface area (TPSA) is 92.6 Å². The van der Waals surface area contributed by atoms with E-state index in [-0.39, 0.29) is 23.5 Å². The Morgan fingerprint density at radius 3 is 2.51 bits per heavy atom. The number of hydrogen-bond donors (Lipinski definition) is 1. The molecule has 2 saturated heterocycles. The zero-order chi connectivity index (χ0) is 27.7. The molecular weight excluding hydrogens is 544 g/mol. The van der Waals surface area contributed by atoms with Crippen LogP contribution in [0.1, 0.15) is 46.9 Å². The van der Waals surface area contributed by atoms with Gasteiger partial charge in [0.05, 0.1) is 18.3 Å². The van der Waals surface area contributed by atoms with E-state index in [1.54, 1.807) is 5.01 Å². The highest BCUT2D eigenvalue weighted by molar-refractivity contribution is 6.30. The van der Waals surface area contributed by atoms with E-state index in [2.05, 4.69) is 15.7 Å². The SMILES string of the molecule is O=C(NN1CCCCC1)c1cn(C[C@@H]2OC(=O)N(c3ccc(Cl)cc3)[C@H]2c2cc(F)cc(C(F)(F)F)c2)nn1. The lowest BCUT2D eigenvalue weighted by atomic mass is 9.97. The van der Waals surface area contributed by atoms with Gasteiger partial charge in [-0.2, -0.15) is 13.2 Å². The van der Waals surface area contributed by atoms with Crippen LogP contribution in [-0.4, -0.2) is 51.2 Å². The molecule has 2 atom stereocenters. The molecule has 0 radical (unpaired) electrons. The highest BCUT2D eigenvalue weighted by Crippen LogP contribution is 2.40. The van der Waals surface area contributed by atoms with Gasteiger partial charge in [-0.25, -0.2) is 18.9 Å². The van der Waals surface area contributed by atoms with Crippen LogP contribution in [0, 0.1) is 5.82 Å². The number of hydrazine groups is 1. The first-order valence-electron chi connectivity index (χ1n) is 12.2. The third-order valence-corrected chi connectivity index (χ3v) is 6.78. The summed E-state index contributed by atoms with van der Waals surface area (Å²) in [6.07, 6.45) is -2.41. The molecule has 1 N–H and O–H groups in total. The first-order valence-corrected chi connectivity index (χ1v) is 12.6. The van der Waals surface area contributed by atoms with Crippen molar-refractivity contribution >= 4 is 29.3 Å². The summed E-state index contributed by atoms with van der Waals surface area (Å²) in [5.41, 5.74) is 1.74. The number of nitrogens with zero attached hydrogens (tertiary/aromatic N) is 5. The fourth-order valence-electron chi connectivity index (χ4n) is 4.73. The maximum atomic E-state index is 14.4. The molecule has 0 saturated carbocycles. The smallest absolute Gasteiger partial charge is 0.416 e. The monoisotopic (exact) mass is 566 g/mol. The van der Waals surface area contributed by atoms with Gasteiger partial charge in [0, 0.05) is 23.8 Å². The van der Waals surface area contributed by atoms with Crippen LogP contribution in [-0.2, 0) is 17.5 Å². The highest BCUT2D eigenvalue weighted by atomic mass is 35.5. The van der Waals surface area contributed by atoms with Gasteiger partial charge >= 0.3 is 12.3 Å². The predicted octanol–water partition coefficient (Wildman–Crippen LogP) is 4.99. The van der Waals surface area contributed by atoms with Gasteiger partial charge < -0.3 is 4.74 Å². The number of rotatable bonds is 6. The standard InChI is InChI=1S/C25H23ClF4N6O3/c26-17-4-6-19(7-5-17)36-22(15-10-16(25(28,29)30)12-18(27)11-15)21(39-24(36)38)14-35-13-20(31-33-35)23(37)32-34-8-2-1-3-9-34/h4-7,10-13,21-22H,1-3,8-9,14H2,(H,32,37)/t21-,22-/m0/s1. The van der Waals surface area contributed by atoms with Gasteiger partial charge in [-0.3, -0.25) is 15.1 Å². The predicted molar refractivity (Wildman–Crippen MR) is 131 cm³/mol. The van der Waals surface area contributed by atoms with E-state index in [1.165, 1.54) is 35.1 Å². The number of alkyl halides is 3. The second kappa shape index (κ2) is 10.8. The molecule has 2 amide bonds. The summed E-state index contributed by atoms with van der Waals surface area (Å²) in [5, 5.41) is 10.00. The van der Waals surface area contributed by atoms with Gasteiger partial charge in [-0.15, -0.1) is 5.10 Å². The Morgan fingerprint density at radius 2 is 1.82 bits per heavy atom. The third kappa shape index (κ3) is 5.98. The second-order valence-corrected chi connectivity index (χ2v) is 9.74. The Morgan fingerprint density at radius 1 is 1.10 bits per heavy atom. The molecule has 0 bridgehead atoms. The Labute approximate surface area is 225 Å². The minimum atomic E-state index is -4.82. The number of aromatic nitrogens is 3. The van der Waals surface area contributed by atoms with Crippen LogP contribution in [0.4, 0.5) is 28.0 Å². The molecule has 2 aromatic carbocycles. The number of hydrogen-bond acceptors (Lipinski definition) is 6. The number of carbonyl (C=O) groups is 2. The molecule has 5 rings (SSSR count). The molecular formula is C25H23ClF4N6O3. The molecule has 1 aromatic heterocycles. The Kier molecular flexibility index (Phi) is 7.45. The van der Waals surface area contributed by atoms with E-state index in [1.807, 2.05) is 0 Å². The molecule has 9 nitrogen and oxygen atoms in total. The quantitative estimate of drug-likeness (QED) is 0.423. The minimum Gasteiger partial charge on any atom is -0.441 e. The number of cyclic esters (lactones) is 1. The van der Waals surface area contributed by atoms with Crippen molar-refractivity contribution in [2.45, 2.75) is 44.1 Å². The van der Waals surface area contributed by atoms with E-state index < -0.39 is 41.7 Å². The summed E-state index contributed by atoms with van der Waals surface area (Å²) in [6, 6.07) is 6.94. The number of halogens is 5. The number of piperidine rings is 1. The van der Waals surface area contributed by atoms with Crippen molar-refractivity contribution in [1.82, 2.24) is 25.4 Å². The maximum Gasteiger partial charge on any atom is 0.416 e. The summed E-state index contributed by atoms with van der Waals surface area (Å²) in [6.45, 7) is 1.27. The summed E-state index contributed by atoms with van der Waals surface area (Å²) >= 11 is 5.96. The van der Waals surface area contributed by atoms with Crippen LogP contribution in [0.5, 0.6) is 0 Å². The van der Waals surface area contributed by atoms with Crippen molar-refractivity contribution in [1.29, 1.82) is 0 Å². The van der Waals surface area contributed by atoms with Crippen molar-refractivity contribution in [2.75, 3.05) is 18.0 Å². The van der Waals surface area contributed by atoms with Gasteiger partial charge in [0.25, 0.3) is 5.91 Å². The molecule has 0 aliphatic carbocycles. The minimum absolute atomic E-state index is 0.0149. The molecule has 2 fully saturated rings. The highest BCUT2D eigenvalue weighted by Gasteiger charge is 2.45. The van der Waals surface area contributed by atoms with Crippen LogP contribution < -0.4 is 10.3 Å². The third-order valence-electron chi connectivity index (χ3n) is 6.53. The number of ether oxygens (including phenoxy) is 1. The molecule has 0 unspecified atom stereocenters. The molecule has 0 spiro atoms. The Hall–Kier alpha value is -3.71. The van der Waals surface area contributed by atoms with E-state index >= 15 is 0 Å². The van der Waals surface area contributed by atoms with E-state index in [0.29, 0.717) is 24.2 Å². The lowest BCUT2D eigenvalue weighted by Crippen LogP contribution is -2.45. The van der Waals surface area contributed by atoms with Crippen LogP contribution in [0.25, 0.3) is 0 Å². The summed E-state index contributed by atoms with van der Waals surface area (Å²) in [7, 11) is 0. The van der Waals surface area contributed by atoms with Gasteiger partial charge in [0.2, 0.25) is 0 Å². The first-order chi connectivity index (χ1) is 18.6. The van der Waals surface area contributed by atoms with Crippen molar-refractivity contribution in [2.24, 2.45) is 0 Å². The van der Waals surface area contributed by atoms with Gasteiger partial charge in [0.15, 0.2) is 5.69 Å². The van der Waals surface area contributed by atoms with Crippen LogP contribution in [0.3, 0.4) is 0 Å². The maximum absolute atomic E-state index is 14.4. The van der Waals surface area contributed by atoms with Crippen LogP contribution in [0.15, 0.2) is 48.7 Å². The number of carbonyl (C=O) groups excluding carboxylic acids is 2.